The molecule has 1 amide bonds. The van der Waals surface area contributed by atoms with Crippen molar-refractivity contribution < 1.29 is 9.53 Å². The largest absolute Gasteiger partial charge is 0.379 e. The molecule has 1 saturated heterocycles. The fraction of sp³-hybridized carbons (Fsp3) is 0.929. The average molecular weight is 269 g/mol. The first kappa shape index (κ1) is 14.8. The van der Waals surface area contributed by atoms with Gasteiger partial charge < -0.3 is 15.8 Å². The van der Waals surface area contributed by atoms with Crippen LogP contribution in [0.2, 0.25) is 0 Å². The van der Waals surface area contributed by atoms with Crippen LogP contribution in [-0.4, -0.2) is 56.2 Å². The predicted molar refractivity (Wildman–Crippen MR) is 74.7 cm³/mol. The Balaban J connectivity index is 1.62. The standard InChI is InChI=1S/C14H27N3O2/c1-11(10-17-4-6-19-7-5-17)9-16-14(18)12-2-3-13(15)8-12/h11-13H,2-10,15H2,1H3,(H,16,18). The quantitative estimate of drug-likeness (QED) is 0.748. The average Bonchev–Trinajstić information content (AvgIpc) is 2.84. The van der Waals surface area contributed by atoms with Gasteiger partial charge in [0.25, 0.3) is 0 Å². The lowest BCUT2D eigenvalue weighted by Gasteiger charge is -2.29. The summed E-state index contributed by atoms with van der Waals surface area (Å²) in [7, 11) is 0. The summed E-state index contributed by atoms with van der Waals surface area (Å²) in [5, 5.41) is 3.08. The van der Waals surface area contributed by atoms with Crippen molar-refractivity contribution in [1.29, 1.82) is 0 Å². The molecule has 0 aromatic heterocycles. The monoisotopic (exact) mass is 269 g/mol. The van der Waals surface area contributed by atoms with E-state index in [-0.39, 0.29) is 17.9 Å². The number of nitrogens with two attached hydrogens (primary N) is 1. The van der Waals surface area contributed by atoms with Crippen LogP contribution >= 0.6 is 0 Å². The lowest BCUT2D eigenvalue weighted by atomic mass is 10.1. The van der Waals surface area contributed by atoms with E-state index in [0.29, 0.717) is 5.92 Å². The van der Waals surface area contributed by atoms with Gasteiger partial charge in [-0.15, -0.1) is 0 Å². The van der Waals surface area contributed by atoms with E-state index in [0.717, 1.165) is 58.7 Å². The topological polar surface area (TPSA) is 67.6 Å². The van der Waals surface area contributed by atoms with E-state index in [9.17, 15) is 4.79 Å². The Morgan fingerprint density at radius 3 is 2.79 bits per heavy atom. The number of amides is 1. The minimum absolute atomic E-state index is 0.144. The third-order valence-corrected chi connectivity index (χ3v) is 4.14. The Morgan fingerprint density at radius 1 is 1.42 bits per heavy atom. The van der Waals surface area contributed by atoms with Crippen molar-refractivity contribution in [2.45, 2.75) is 32.2 Å². The van der Waals surface area contributed by atoms with Gasteiger partial charge in [0.2, 0.25) is 5.91 Å². The van der Waals surface area contributed by atoms with Gasteiger partial charge in [0.15, 0.2) is 0 Å². The molecule has 3 atom stereocenters. The minimum atomic E-state index is 0.144. The number of hydrogen-bond donors (Lipinski definition) is 2. The first-order chi connectivity index (χ1) is 9.15. The van der Waals surface area contributed by atoms with E-state index in [4.69, 9.17) is 10.5 Å². The molecule has 0 aromatic rings. The summed E-state index contributed by atoms with van der Waals surface area (Å²) in [5.74, 6) is 0.824. The molecule has 110 valence electrons. The maximum atomic E-state index is 12.0. The van der Waals surface area contributed by atoms with E-state index in [1.54, 1.807) is 0 Å². The fourth-order valence-electron chi connectivity index (χ4n) is 2.96. The van der Waals surface area contributed by atoms with Crippen molar-refractivity contribution >= 4 is 5.91 Å². The third kappa shape index (κ3) is 4.75. The molecule has 1 aliphatic heterocycles. The molecule has 3 unspecified atom stereocenters. The van der Waals surface area contributed by atoms with Crippen LogP contribution < -0.4 is 11.1 Å². The molecule has 2 aliphatic rings. The molecule has 0 aromatic carbocycles. The van der Waals surface area contributed by atoms with E-state index >= 15 is 0 Å². The predicted octanol–water partition coefficient (Wildman–Crippen LogP) is 0.198. The van der Waals surface area contributed by atoms with Crippen LogP contribution in [0.1, 0.15) is 26.2 Å². The van der Waals surface area contributed by atoms with Crippen molar-refractivity contribution in [3.8, 4) is 0 Å². The molecule has 1 aliphatic carbocycles. The molecule has 0 spiro atoms. The number of hydrogen-bond acceptors (Lipinski definition) is 4. The maximum absolute atomic E-state index is 12.0. The number of carbonyl (C=O) groups is 1. The zero-order chi connectivity index (χ0) is 13.7. The molecule has 5 nitrogen and oxygen atoms in total. The summed E-state index contributed by atoms with van der Waals surface area (Å²) in [6, 6.07) is 0.224. The SMILES string of the molecule is CC(CNC(=O)C1CCC(N)C1)CN1CCOCC1. The highest BCUT2D eigenvalue weighted by molar-refractivity contribution is 5.78. The van der Waals surface area contributed by atoms with Crippen molar-refractivity contribution in [3.05, 3.63) is 0 Å². The summed E-state index contributed by atoms with van der Waals surface area (Å²) < 4.78 is 5.33. The highest BCUT2D eigenvalue weighted by Gasteiger charge is 2.27. The van der Waals surface area contributed by atoms with Crippen molar-refractivity contribution in [3.63, 3.8) is 0 Å². The molecule has 2 rings (SSSR count). The van der Waals surface area contributed by atoms with Crippen LogP contribution in [-0.2, 0) is 9.53 Å². The van der Waals surface area contributed by atoms with Crippen LogP contribution in [0.15, 0.2) is 0 Å². The Morgan fingerprint density at radius 2 is 2.16 bits per heavy atom. The molecule has 0 radical (unpaired) electrons. The first-order valence-electron chi connectivity index (χ1n) is 7.48. The van der Waals surface area contributed by atoms with Crippen LogP contribution in [0.25, 0.3) is 0 Å². The molecule has 0 bridgehead atoms. The zero-order valence-corrected chi connectivity index (χ0v) is 11.9. The Bertz CT molecular complexity index is 292. The van der Waals surface area contributed by atoms with E-state index < -0.39 is 0 Å². The number of morpholine rings is 1. The molecule has 19 heavy (non-hydrogen) atoms. The number of nitrogens with zero attached hydrogens (tertiary/aromatic N) is 1. The summed E-state index contributed by atoms with van der Waals surface area (Å²) in [4.78, 5) is 14.4. The van der Waals surface area contributed by atoms with Gasteiger partial charge in [-0.05, 0) is 25.2 Å². The molecule has 3 N–H and O–H groups in total. The Hall–Kier alpha value is -0.650. The lowest BCUT2D eigenvalue weighted by Crippen LogP contribution is -2.42. The lowest BCUT2D eigenvalue weighted by molar-refractivity contribution is -0.125. The van der Waals surface area contributed by atoms with Crippen molar-refractivity contribution in [2.24, 2.45) is 17.6 Å². The van der Waals surface area contributed by atoms with Crippen LogP contribution in [0.3, 0.4) is 0 Å². The van der Waals surface area contributed by atoms with Gasteiger partial charge in [-0.2, -0.15) is 0 Å². The normalized spacial score (nSPS) is 30.2. The zero-order valence-electron chi connectivity index (χ0n) is 11.9. The number of carbonyl (C=O) groups excluding carboxylic acids is 1. The summed E-state index contributed by atoms with van der Waals surface area (Å²) in [5.41, 5.74) is 5.84. The molecule has 1 saturated carbocycles. The van der Waals surface area contributed by atoms with Gasteiger partial charge in [0.1, 0.15) is 0 Å². The molecule has 1 heterocycles. The summed E-state index contributed by atoms with van der Waals surface area (Å²) >= 11 is 0. The van der Waals surface area contributed by atoms with E-state index in [1.807, 2.05) is 0 Å². The molecular formula is C14H27N3O2. The maximum Gasteiger partial charge on any atom is 0.223 e. The molecule has 2 fully saturated rings. The minimum Gasteiger partial charge on any atom is -0.379 e. The van der Waals surface area contributed by atoms with Gasteiger partial charge in [-0.1, -0.05) is 6.92 Å². The highest BCUT2D eigenvalue weighted by Crippen LogP contribution is 2.24. The fourth-order valence-corrected chi connectivity index (χ4v) is 2.96. The number of ether oxygens (including phenoxy) is 1. The van der Waals surface area contributed by atoms with Gasteiger partial charge in [0, 0.05) is 38.1 Å². The highest BCUT2D eigenvalue weighted by atomic mass is 16.5. The van der Waals surface area contributed by atoms with Crippen molar-refractivity contribution in [1.82, 2.24) is 10.2 Å². The third-order valence-electron chi connectivity index (χ3n) is 4.14. The second-order valence-electron chi connectivity index (χ2n) is 6.03. The van der Waals surface area contributed by atoms with Crippen LogP contribution in [0.5, 0.6) is 0 Å². The number of nitrogens with one attached hydrogen (secondary N) is 1. The molecular weight excluding hydrogens is 242 g/mol. The Labute approximate surface area is 115 Å². The van der Waals surface area contributed by atoms with Gasteiger partial charge in [-0.25, -0.2) is 0 Å². The smallest absolute Gasteiger partial charge is 0.223 e. The first-order valence-corrected chi connectivity index (χ1v) is 7.48. The van der Waals surface area contributed by atoms with Gasteiger partial charge in [-0.3, -0.25) is 9.69 Å². The summed E-state index contributed by atoms with van der Waals surface area (Å²) in [6.07, 6.45) is 2.79. The van der Waals surface area contributed by atoms with Crippen molar-refractivity contribution in [2.75, 3.05) is 39.4 Å². The van der Waals surface area contributed by atoms with Gasteiger partial charge >= 0.3 is 0 Å². The van der Waals surface area contributed by atoms with Crippen LogP contribution in [0, 0.1) is 11.8 Å². The van der Waals surface area contributed by atoms with E-state index in [2.05, 4.69) is 17.1 Å². The van der Waals surface area contributed by atoms with Gasteiger partial charge in [0.05, 0.1) is 13.2 Å². The second kappa shape index (κ2) is 7.22. The van der Waals surface area contributed by atoms with E-state index in [1.165, 1.54) is 0 Å². The number of rotatable bonds is 5. The van der Waals surface area contributed by atoms with Crippen LogP contribution in [0.4, 0.5) is 0 Å². The molecule has 5 heteroatoms. The Kier molecular flexibility index (Phi) is 5.60. The summed E-state index contributed by atoms with van der Waals surface area (Å²) in [6.45, 7) is 7.68. The second-order valence-corrected chi connectivity index (χ2v) is 6.03.